The van der Waals surface area contributed by atoms with Crippen LogP contribution in [0.3, 0.4) is 0 Å². The summed E-state index contributed by atoms with van der Waals surface area (Å²) in [4.78, 5) is 23.0. The highest BCUT2D eigenvalue weighted by Gasteiger charge is 2.28. The summed E-state index contributed by atoms with van der Waals surface area (Å²) in [5.74, 6) is 0.00179. The molecule has 3 N–H and O–H groups in total. The SMILES string of the molecule is CC(C)(C)C(=O)NCCCC(=O)NC1CC(O)C1. The quantitative estimate of drug-likeness (QED) is 0.629. The summed E-state index contributed by atoms with van der Waals surface area (Å²) in [6.07, 6.45) is 2.13. The van der Waals surface area contributed by atoms with Crippen LogP contribution in [0.2, 0.25) is 0 Å². The maximum atomic E-state index is 11.5. The Hall–Kier alpha value is -1.10. The van der Waals surface area contributed by atoms with Crippen LogP contribution in [0.4, 0.5) is 0 Å². The lowest BCUT2D eigenvalue weighted by Crippen LogP contribution is -2.46. The molecule has 5 heteroatoms. The molecule has 0 heterocycles. The van der Waals surface area contributed by atoms with Gasteiger partial charge < -0.3 is 15.7 Å². The first kappa shape index (κ1) is 15.0. The van der Waals surface area contributed by atoms with Gasteiger partial charge in [0.15, 0.2) is 0 Å². The molecule has 18 heavy (non-hydrogen) atoms. The largest absolute Gasteiger partial charge is 0.393 e. The summed E-state index contributed by atoms with van der Waals surface area (Å²) >= 11 is 0. The number of aliphatic hydroxyl groups is 1. The van der Waals surface area contributed by atoms with Crippen LogP contribution in [-0.2, 0) is 9.59 Å². The van der Waals surface area contributed by atoms with E-state index in [1.807, 2.05) is 20.8 Å². The molecule has 0 radical (unpaired) electrons. The first-order valence-corrected chi connectivity index (χ1v) is 6.55. The molecule has 0 spiro atoms. The highest BCUT2D eigenvalue weighted by atomic mass is 16.3. The van der Waals surface area contributed by atoms with E-state index in [4.69, 9.17) is 5.11 Å². The van der Waals surface area contributed by atoms with Crippen LogP contribution in [0.5, 0.6) is 0 Å². The molecule has 0 saturated heterocycles. The van der Waals surface area contributed by atoms with Gasteiger partial charge >= 0.3 is 0 Å². The molecule has 104 valence electrons. The van der Waals surface area contributed by atoms with Gasteiger partial charge in [-0.05, 0) is 19.3 Å². The zero-order chi connectivity index (χ0) is 13.8. The molecule has 2 amide bonds. The minimum atomic E-state index is -0.385. The number of hydrogen-bond acceptors (Lipinski definition) is 3. The Morgan fingerprint density at radius 1 is 1.28 bits per heavy atom. The Morgan fingerprint density at radius 3 is 2.39 bits per heavy atom. The van der Waals surface area contributed by atoms with Gasteiger partial charge in [-0.15, -0.1) is 0 Å². The number of rotatable bonds is 5. The van der Waals surface area contributed by atoms with Gasteiger partial charge in [-0.2, -0.15) is 0 Å². The molecular weight excluding hydrogens is 232 g/mol. The predicted molar refractivity (Wildman–Crippen MR) is 68.9 cm³/mol. The van der Waals surface area contributed by atoms with Crippen LogP contribution in [0.1, 0.15) is 46.5 Å². The summed E-state index contributed by atoms with van der Waals surface area (Å²) in [6, 6.07) is 0.136. The molecule has 0 bridgehead atoms. The van der Waals surface area contributed by atoms with E-state index < -0.39 is 0 Å². The number of carbonyl (C=O) groups is 2. The third-order valence-electron chi connectivity index (χ3n) is 3.03. The summed E-state index contributed by atoms with van der Waals surface area (Å²) in [5.41, 5.74) is -0.385. The fourth-order valence-electron chi connectivity index (χ4n) is 1.72. The Labute approximate surface area is 108 Å². The van der Waals surface area contributed by atoms with Crippen molar-refractivity contribution in [3.8, 4) is 0 Å². The van der Waals surface area contributed by atoms with Gasteiger partial charge in [-0.25, -0.2) is 0 Å². The van der Waals surface area contributed by atoms with E-state index >= 15 is 0 Å². The third kappa shape index (κ3) is 5.04. The summed E-state index contributed by atoms with van der Waals surface area (Å²) < 4.78 is 0. The fraction of sp³-hybridized carbons (Fsp3) is 0.846. The van der Waals surface area contributed by atoms with Crippen molar-refractivity contribution in [1.29, 1.82) is 0 Å². The van der Waals surface area contributed by atoms with Crippen molar-refractivity contribution < 1.29 is 14.7 Å². The first-order valence-electron chi connectivity index (χ1n) is 6.55. The molecule has 1 aliphatic carbocycles. The van der Waals surface area contributed by atoms with Gasteiger partial charge in [-0.1, -0.05) is 20.8 Å². The molecule has 0 aromatic carbocycles. The van der Waals surface area contributed by atoms with Crippen LogP contribution in [0.15, 0.2) is 0 Å². The third-order valence-corrected chi connectivity index (χ3v) is 3.03. The molecule has 1 fully saturated rings. The normalized spacial score (nSPS) is 23.1. The lowest BCUT2D eigenvalue weighted by atomic mass is 9.89. The Balaban J connectivity index is 2.04. The van der Waals surface area contributed by atoms with Gasteiger partial charge in [-0.3, -0.25) is 9.59 Å². The molecule has 0 atom stereocenters. The van der Waals surface area contributed by atoms with E-state index in [2.05, 4.69) is 10.6 Å². The Bertz CT molecular complexity index is 304. The smallest absolute Gasteiger partial charge is 0.225 e. The fourth-order valence-corrected chi connectivity index (χ4v) is 1.72. The van der Waals surface area contributed by atoms with E-state index in [-0.39, 0.29) is 29.4 Å². The average Bonchev–Trinajstić information content (AvgIpc) is 2.20. The van der Waals surface area contributed by atoms with E-state index in [1.165, 1.54) is 0 Å². The minimum Gasteiger partial charge on any atom is -0.393 e. The molecule has 5 nitrogen and oxygen atoms in total. The predicted octanol–water partition coefficient (Wildman–Crippen LogP) is 0.568. The van der Waals surface area contributed by atoms with Gasteiger partial charge in [0.1, 0.15) is 0 Å². The number of amides is 2. The van der Waals surface area contributed by atoms with Crippen LogP contribution in [0, 0.1) is 5.41 Å². The molecule has 0 aliphatic heterocycles. The number of nitrogens with one attached hydrogen (secondary N) is 2. The lowest BCUT2D eigenvalue weighted by molar-refractivity contribution is -0.129. The zero-order valence-corrected chi connectivity index (χ0v) is 11.5. The Kier molecular flexibility index (Phi) is 5.14. The van der Waals surface area contributed by atoms with Gasteiger partial charge in [0.25, 0.3) is 0 Å². The van der Waals surface area contributed by atoms with E-state index in [0.29, 0.717) is 32.2 Å². The van der Waals surface area contributed by atoms with Crippen molar-refractivity contribution in [2.45, 2.75) is 58.6 Å². The summed E-state index contributed by atoms with van der Waals surface area (Å²) in [7, 11) is 0. The first-order chi connectivity index (χ1) is 8.29. The van der Waals surface area contributed by atoms with E-state index in [0.717, 1.165) is 0 Å². The van der Waals surface area contributed by atoms with Crippen molar-refractivity contribution in [3.05, 3.63) is 0 Å². The van der Waals surface area contributed by atoms with Crippen molar-refractivity contribution >= 4 is 11.8 Å². The van der Waals surface area contributed by atoms with Crippen LogP contribution >= 0.6 is 0 Å². The maximum absolute atomic E-state index is 11.5. The second kappa shape index (κ2) is 6.18. The molecule has 1 saturated carbocycles. The molecule has 0 aromatic rings. The topological polar surface area (TPSA) is 78.4 Å². The number of hydrogen-bond donors (Lipinski definition) is 3. The highest BCUT2D eigenvalue weighted by molar-refractivity contribution is 5.81. The molecule has 0 unspecified atom stereocenters. The van der Waals surface area contributed by atoms with Gasteiger partial charge in [0.05, 0.1) is 6.10 Å². The van der Waals surface area contributed by atoms with Crippen molar-refractivity contribution in [1.82, 2.24) is 10.6 Å². The summed E-state index contributed by atoms with van der Waals surface area (Å²) in [5, 5.41) is 14.7. The zero-order valence-electron chi connectivity index (χ0n) is 11.5. The van der Waals surface area contributed by atoms with Crippen molar-refractivity contribution in [3.63, 3.8) is 0 Å². The second-order valence-electron chi connectivity index (χ2n) is 6.00. The maximum Gasteiger partial charge on any atom is 0.225 e. The highest BCUT2D eigenvalue weighted by Crippen LogP contribution is 2.19. The molecule has 0 aromatic heterocycles. The number of carbonyl (C=O) groups excluding carboxylic acids is 2. The molecule has 1 aliphatic rings. The van der Waals surface area contributed by atoms with Crippen molar-refractivity contribution in [2.24, 2.45) is 5.41 Å². The minimum absolute atomic E-state index is 0.00286. The standard InChI is InChI=1S/C13H24N2O3/c1-13(2,3)12(18)14-6-4-5-11(17)15-9-7-10(16)8-9/h9-10,16H,4-8H2,1-3H3,(H,14,18)(H,15,17). The second-order valence-corrected chi connectivity index (χ2v) is 6.00. The van der Waals surface area contributed by atoms with Gasteiger partial charge in [0.2, 0.25) is 11.8 Å². The Morgan fingerprint density at radius 2 is 1.89 bits per heavy atom. The molecule has 1 rings (SSSR count). The average molecular weight is 256 g/mol. The van der Waals surface area contributed by atoms with Crippen LogP contribution in [-0.4, -0.2) is 35.6 Å². The lowest BCUT2D eigenvalue weighted by Gasteiger charge is -2.31. The van der Waals surface area contributed by atoms with E-state index in [9.17, 15) is 9.59 Å². The van der Waals surface area contributed by atoms with E-state index in [1.54, 1.807) is 0 Å². The van der Waals surface area contributed by atoms with Gasteiger partial charge in [0, 0.05) is 24.4 Å². The monoisotopic (exact) mass is 256 g/mol. The van der Waals surface area contributed by atoms with Crippen LogP contribution < -0.4 is 10.6 Å². The summed E-state index contributed by atoms with van der Waals surface area (Å²) in [6.45, 7) is 6.10. The molecular formula is C13H24N2O3. The van der Waals surface area contributed by atoms with Crippen LogP contribution in [0.25, 0.3) is 0 Å². The number of aliphatic hydroxyl groups excluding tert-OH is 1. The van der Waals surface area contributed by atoms with Crippen molar-refractivity contribution in [2.75, 3.05) is 6.54 Å².